The normalized spacial score (nSPS) is 11.9. The van der Waals surface area contributed by atoms with E-state index in [0.29, 0.717) is 39.7 Å². The van der Waals surface area contributed by atoms with Gasteiger partial charge in [-0.1, -0.05) is 60.7 Å². The minimum Gasteiger partial charge on any atom is -0.340 e. The van der Waals surface area contributed by atoms with Gasteiger partial charge >= 0.3 is 0 Å². The molecule has 3 aromatic heterocycles. The first-order chi connectivity index (χ1) is 18.6. The number of pyridine rings is 1. The molecule has 0 aliphatic carbocycles. The summed E-state index contributed by atoms with van der Waals surface area (Å²) in [5, 5.41) is 10.1. The molecule has 0 bridgehead atoms. The average Bonchev–Trinajstić information content (AvgIpc) is 3.63. The van der Waals surface area contributed by atoms with Crippen molar-refractivity contribution in [2.24, 2.45) is 0 Å². The number of fused-ring (bicyclic) bond motifs is 2. The highest BCUT2D eigenvalue weighted by Crippen LogP contribution is 2.24. The summed E-state index contributed by atoms with van der Waals surface area (Å²) in [5.74, 6) is -0.170. The van der Waals surface area contributed by atoms with Crippen molar-refractivity contribution in [2.75, 3.05) is 5.32 Å². The molecule has 38 heavy (non-hydrogen) atoms. The van der Waals surface area contributed by atoms with Crippen LogP contribution in [0, 0.1) is 0 Å². The summed E-state index contributed by atoms with van der Waals surface area (Å²) in [7, 11) is 0. The Morgan fingerprint density at radius 3 is 2.55 bits per heavy atom. The van der Waals surface area contributed by atoms with E-state index in [1.165, 1.54) is 11.3 Å². The molecule has 0 unspecified atom stereocenters. The standard InChI is InChI=1S/C29H22N6O2S/c36-27(33-24(15-18-7-2-1-3-8-18)28(37)35-29-30-13-14-38-29)21-11-6-12-22-25(21)34-26(32-22)23-16-19-9-4-5-10-20(19)17-31-23/h1-14,16-17,24H,15H2,(H,32,34)(H,33,36)(H,30,35,37)/t24-/m0/s1. The first-order valence-corrected chi connectivity index (χ1v) is 12.9. The SMILES string of the molecule is O=C(N[C@@H](Cc1ccccc1)C(=O)Nc1nccs1)c1cccc2[nH]c(-c3cc4ccccc4cn3)nc12. The quantitative estimate of drug-likeness (QED) is 0.268. The van der Waals surface area contributed by atoms with Crippen LogP contribution in [0.3, 0.4) is 0 Å². The third-order valence-corrected chi connectivity index (χ3v) is 6.89. The van der Waals surface area contributed by atoms with E-state index in [-0.39, 0.29) is 5.91 Å². The number of thiazole rings is 1. The third kappa shape index (κ3) is 4.87. The molecule has 0 saturated heterocycles. The van der Waals surface area contributed by atoms with Gasteiger partial charge in [-0.15, -0.1) is 11.3 Å². The molecule has 6 aromatic rings. The number of hydrogen-bond donors (Lipinski definition) is 3. The number of aromatic amines is 1. The molecule has 2 amide bonds. The van der Waals surface area contributed by atoms with Crippen molar-refractivity contribution in [3.63, 3.8) is 0 Å². The molecule has 0 aliphatic heterocycles. The number of nitrogens with one attached hydrogen (secondary N) is 3. The number of hydrogen-bond acceptors (Lipinski definition) is 6. The van der Waals surface area contributed by atoms with Crippen LogP contribution in [0.15, 0.2) is 96.6 Å². The first-order valence-electron chi connectivity index (χ1n) is 12.0. The van der Waals surface area contributed by atoms with Gasteiger partial charge in [0.05, 0.1) is 11.1 Å². The molecule has 6 rings (SSSR count). The molecular formula is C29H22N6O2S. The number of nitrogens with zero attached hydrogens (tertiary/aromatic N) is 3. The lowest BCUT2D eigenvalue weighted by atomic mass is 10.0. The van der Waals surface area contributed by atoms with E-state index < -0.39 is 11.9 Å². The highest BCUT2D eigenvalue weighted by atomic mass is 32.1. The molecule has 0 aliphatic rings. The lowest BCUT2D eigenvalue weighted by Gasteiger charge is -2.18. The number of H-pyrrole nitrogens is 1. The van der Waals surface area contributed by atoms with Crippen molar-refractivity contribution in [1.29, 1.82) is 0 Å². The van der Waals surface area contributed by atoms with Crippen molar-refractivity contribution in [1.82, 2.24) is 25.3 Å². The van der Waals surface area contributed by atoms with Gasteiger partial charge in [-0.05, 0) is 29.1 Å². The zero-order valence-corrected chi connectivity index (χ0v) is 20.9. The zero-order chi connectivity index (χ0) is 25.9. The van der Waals surface area contributed by atoms with Gasteiger partial charge < -0.3 is 15.6 Å². The Kier molecular flexibility index (Phi) is 6.33. The van der Waals surface area contributed by atoms with Gasteiger partial charge in [0.15, 0.2) is 11.0 Å². The molecule has 3 N–H and O–H groups in total. The van der Waals surface area contributed by atoms with Crippen LogP contribution in [-0.2, 0) is 11.2 Å². The van der Waals surface area contributed by atoms with Crippen LogP contribution in [0.2, 0.25) is 0 Å². The van der Waals surface area contributed by atoms with Crippen molar-refractivity contribution in [2.45, 2.75) is 12.5 Å². The van der Waals surface area contributed by atoms with Gasteiger partial charge in [0.1, 0.15) is 17.3 Å². The predicted octanol–water partition coefficient (Wildman–Crippen LogP) is 5.21. The van der Waals surface area contributed by atoms with Crippen LogP contribution in [0.5, 0.6) is 0 Å². The van der Waals surface area contributed by atoms with Crippen LogP contribution in [0.25, 0.3) is 33.3 Å². The second-order valence-corrected chi connectivity index (χ2v) is 9.64. The van der Waals surface area contributed by atoms with E-state index in [1.807, 2.05) is 66.7 Å². The van der Waals surface area contributed by atoms with Crippen molar-refractivity contribution in [3.8, 4) is 11.5 Å². The molecular weight excluding hydrogens is 496 g/mol. The number of benzene rings is 3. The average molecular weight is 519 g/mol. The van der Waals surface area contributed by atoms with Crippen molar-refractivity contribution >= 4 is 50.1 Å². The number of para-hydroxylation sites is 1. The highest BCUT2D eigenvalue weighted by molar-refractivity contribution is 7.13. The maximum absolute atomic E-state index is 13.5. The van der Waals surface area contributed by atoms with Gasteiger partial charge in [-0.25, -0.2) is 9.97 Å². The maximum Gasteiger partial charge on any atom is 0.254 e. The zero-order valence-electron chi connectivity index (χ0n) is 20.1. The second kappa shape index (κ2) is 10.2. The fourth-order valence-corrected chi connectivity index (χ4v) is 4.85. The minimum atomic E-state index is -0.815. The van der Waals surface area contributed by atoms with E-state index in [9.17, 15) is 9.59 Å². The highest BCUT2D eigenvalue weighted by Gasteiger charge is 2.24. The monoisotopic (exact) mass is 518 g/mol. The number of anilines is 1. The Hall–Kier alpha value is -4.89. The topological polar surface area (TPSA) is 113 Å². The Balaban J connectivity index is 1.30. The molecule has 0 saturated carbocycles. The van der Waals surface area contributed by atoms with Crippen molar-refractivity contribution < 1.29 is 9.59 Å². The van der Waals surface area contributed by atoms with E-state index in [2.05, 4.69) is 25.6 Å². The smallest absolute Gasteiger partial charge is 0.254 e. The molecule has 3 aromatic carbocycles. The number of aromatic nitrogens is 4. The van der Waals surface area contributed by atoms with Gasteiger partial charge in [-0.3, -0.25) is 14.6 Å². The third-order valence-electron chi connectivity index (χ3n) is 6.20. The van der Waals surface area contributed by atoms with E-state index in [4.69, 9.17) is 4.98 Å². The fourth-order valence-electron chi connectivity index (χ4n) is 4.32. The predicted molar refractivity (Wildman–Crippen MR) is 149 cm³/mol. The molecule has 8 nitrogen and oxygen atoms in total. The first kappa shape index (κ1) is 23.5. The van der Waals surface area contributed by atoms with Crippen LogP contribution < -0.4 is 10.6 Å². The van der Waals surface area contributed by atoms with Crippen LogP contribution >= 0.6 is 11.3 Å². The number of carbonyl (C=O) groups is 2. The summed E-state index contributed by atoms with van der Waals surface area (Å²) in [5.41, 5.74) is 3.18. The molecule has 186 valence electrons. The number of carbonyl (C=O) groups excluding carboxylic acids is 2. The summed E-state index contributed by atoms with van der Waals surface area (Å²) < 4.78 is 0. The van der Waals surface area contributed by atoms with Crippen LogP contribution in [-0.4, -0.2) is 37.8 Å². The Morgan fingerprint density at radius 2 is 1.74 bits per heavy atom. The number of rotatable bonds is 7. The summed E-state index contributed by atoms with van der Waals surface area (Å²) in [6, 6.07) is 24.0. The van der Waals surface area contributed by atoms with Gasteiger partial charge in [0.25, 0.3) is 5.91 Å². The van der Waals surface area contributed by atoms with Gasteiger partial charge in [-0.2, -0.15) is 0 Å². The largest absolute Gasteiger partial charge is 0.340 e. The number of imidazole rings is 1. The summed E-state index contributed by atoms with van der Waals surface area (Å²) >= 11 is 1.32. The molecule has 0 radical (unpaired) electrons. The molecule has 0 spiro atoms. The van der Waals surface area contributed by atoms with Crippen LogP contribution in [0.1, 0.15) is 15.9 Å². The summed E-state index contributed by atoms with van der Waals surface area (Å²) in [4.78, 5) is 43.3. The van der Waals surface area contributed by atoms with Gasteiger partial charge in [0.2, 0.25) is 5.91 Å². The molecule has 3 heterocycles. The molecule has 9 heteroatoms. The second-order valence-electron chi connectivity index (χ2n) is 8.75. The van der Waals surface area contributed by atoms with E-state index in [1.54, 1.807) is 29.9 Å². The van der Waals surface area contributed by atoms with Crippen LogP contribution in [0.4, 0.5) is 5.13 Å². The molecule has 0 fully saturated rings. The minimum absolute atomic E-state index is 0.326. The lowest BCUT2D eigenvalue weighted by molar-refractivity contribution is -0.118. The summed E-state index contributed by atoms with van der Waals surface area (Å²) in [6.45, 7) is 0. The fraction of sp³-hybridized carbons (Fsp3) is 0.0690. The molecule has 1 atom stereocenters. The van der Waals surface area contributed by atoms with Crippen molar-refractivity contribution in [3.05, 3.63) is 108 Å². The maximum atomic E-state index is 13.5. The van der Waals surface area contributed by atoms with Gasteiger partial charge in [0, 0.05) is 29.6 Å². The number of amides is 2. The van der Waals surface area contributed by atoms with E-state index >= 15 is 0 Å². The lowest BCUT2D eigenvalue weighted by Crippen LogP contribution is -2.45. The van der Waals surface area contributed by atoms with E-state index in [0.717, 1.165) is 16.3 Å². The Bertz CT molecular complexity index is 1750. The Labute approximate surface area is 221 Å². The summed E-state index contributed by atoms with van der Waals surface area (Å²) in [6.07, 6.45) is 3.75. The Morgan fingerprint density at radius 1 is 0.921 bits per heavy atom.